The maximum Gasteiger partial charge on any atom is 0.264 e. The van der Waals surface area contributed by atoms with Gasteiger partial charge in [-0.3, -0.25) is 4.79 Å². The van der Waals surface area contributed by atoms with E-state index in [2.05, 4.69) is 21.2 Å². The number of nitrogens with zero attached hydrogens (tertiary/aromatic N) is 3. The van der Waals surface area contributed by atoms with Gasteiger partial charge < -0.3 is 19.1 Å². The lowest BCUT2D eigenvalue weighted by atomic mass is 10.1. The smallest absolute Gasteiger partial charge is 0.264 e. The van der Waals surface area contributed by atoms with Crippen LogP contribution in [0.4, 0.5) is 4.39 Å². The first-order valence-corrected chi connectivity index (χ1v) is 10.7. The number of H-pyrrole nitrogens is 1. The van der Waals surface area contributed by atoms with E-state index in [1.807, 2.05) is 29.3 Å². The van der Waals surface area contributed by atoms with Crippen molar-refractivity contribution in [2.24, 2.45) is 0 Å². The lowest BCUT2D eigenvalue weighted by Crippen LogP contribution is -2.31. The molecule has 5 rings (SSSR count). The molecule has 1 aliphatic heterocycles. The Kier molecular flexibility index (Phi) is 5.58. The van der Waals surface area contributed by atoms with Gasteiger partial charge in [0, 0.05) is 30.1 Å². The molecule has 7 nitrogen and oxygen atoms in total. The van der Waals surface area contributed by atoms with E-state index in [0.717, 1.165) is 29.3 Å². The normalized spacial score (nSPS) is 16.0. The Morgan fingerprint density at radius 2 is 2.06 bits per heavy atom. The Labute approximate surface area is 184 Å². The van der Waals surface area contributed by atoms with Crippen molar-refractivity contribution >= 4 is 16.8 Å². The van der Waals surface area contributed by atoms with Crippen molar-refractivity contribution in [3.8, 4) is 5.75 Å². The van der Waals surface area contributed by atoms with Crippen LogP contribution in [0.5, 0.6) is 5.75 Å². The zero-order chi connectivity index (χ0) is 21.9. The molecular formula is C24H23FN4O3. The van der Waals surface area contributed by atoms with Gasteiger partial charge in [-0.05, 0) is 55.2 Å². The summed E-state index contributed by atoms with van der Waals surface area (Å²) in [4.78, 5) is 22.5. The molecule has 32 heavy (non-hydrogen) atoms. The number of hydrogen-bond donors (Lipinski definition) is 1. The predicted molar refractivity (Wildman–Crippen MR) is 115 cm³/mol. The van der Waals surface area contributed by atoms with Crippen molar-refractivity contribution in [1.82, 2.24) is 20.0 Å². The first-order chi connectivity index (χ1) is 15.7. The van der Waals surface area contributed by atoms with E-state index < -0.39 is 0 Å². The molecule has 0 spiro atoms. The summed E-state index contributed by atoms with van der Waals surface area (Å²) in [6.07, 6.45) is 4.79. The summed E-state index contributed by atoms with van der Waals surface area (Å²) in [6.45, 7) is 0.771. The summed E-state index contributed by atoms with van der Waals surface area (Å²) in [7, 11) is 0. The number of carbonyl (C=O) groups excluding carboxylic acids is 1. The lowest BCUT2D eigenvalue weighted by Gasteiger charge is -2.22. The van der Waals surface area contributed by atoms with Crippen molar-refractivity contribution < 1.29 is 18.4 Å². The van der Waals surface area contributed by atoms with Crippen LogP contribution in [0, 0.1) is 5.82 Å². The molecule has 1 amide bonds. The zero-order valence-electron chi connectivity index (χ0n) is 17.5. The van der Waals surface area contributed by atoms with Gasteiger partial charge in [-0.2, -0.15) is 4.98 Å². The van der Waals surface area contributed by atoms with Crippen LogP contribution in [0.25, 0.3) is 10.9 Å². The molecule has 1 atom stereocenters. The topological polar surface area (TPSA) is 84.2 Å². The molecule has 8 heteroatoms. The average Bonchev–Trinajstić information content (AvgIpc) is 3.56. The van der Waals surface area contributed by atoms with E-state index in [0.29, 0.717) is 36.9 Å². The Balaban J connectivity index is 1.20. The molecule has 3 heterocycles. The number of aromatic amines is 1. The third-order valence-electron chi connectivity index (χ3n) is 5.81. The van der Waals surface area contributed by atoms with Crippen LogP contribution >= 0.6 is 0 Å². The fourth-order valence-corrected chi connectivity index (χ4v) is 4.20. The second-order valence-corrected chi connectivity index (χ2v) is 7.89. The summed E-state index contributed by atoms with van der Waals surface area (Å²) in [5.41, 5.74) is 2.22. The van der Waals surface area contributed by atoms with Gasteiger partial charge in [-0.25, -0.2) is 4.39 Å². The molecule has 2 aromatic carbocycles. The highest BCUT2D eigenvalue weighted by molar-refractivity contribution is 5.84. The Bertz CT molecular complexity index is 1220. The highest BCUT2D eigenvalue weighted by Crippen LogP contribution is 2.31. The SMILES string of the molecule is O=C(CCc1c[nH]c2ccccc12)N1CCCC1c1noc(COc2ccc(F)cc2)n1. The standard InChI is InChI=1S/C24H23FN4O3/c25-17-8-10-18(11-9-17)31-15-22-27-24(28-32-22)21-6-3-13-29(21)23(30)12-7-16-14-26-20-5-2-1-4-19(16)20/h1-2,4-5,8-11,14,21,26H,3,6-7,12-13,15H2. The number of ether oxygens (including phenoxy) is 1. The third-order valence-corrected chi connectivity index (χ3v) is 5.81. The van der Waals surface area contributed by atoms with Gasteiger partial charge >= 0.3 is 0 Å². The van der Waals surface area contributed by atoms with Gasteiger partial charge in [0.2, 0.25) is 5.91 Å². The summed E-state index contributed by atoms with van der Waals surface area (Å²) < 4.78 is 23.9. The third kappa shape index (κ3) is 4.21. The van der Waals surface area contributed by atoms with E-state index in [9.17, 15) is 9.18 Å². The molecule has 1 unspecified atom stereocenters. The first-order valence-electron chi connectivity index (χ1n) is 10.7. The number of aryl methyl sites for hydroxylation is 1. The van der Waals surface area contributed by atoms with Crippen LogP contribution in [0.1, 0.15) is 42.6 Å². The number of benzene rings is 2. The quantitative estimate of drug-likeness (QED) is 0.461. The second-order valence-electron chi connectivity index (χ2n) is 7.89. The number of nitrogens with one attached hydrogen (secondary N) is 1. The van der Waals surface area contributed by atoms with Gasteiger partial charge in [0.25, 0.3) is 5.89 Å². The van der Waals surface area contributed by atoms with E-state index >= 15 is 0 Å². The second kappa shape index (κ2) is 8.82. The fraction of sp³-hybridized carbons (Fsp3) is 0.292. The molecule has 1 fully saturated rings. The van der Waals surface area contributed by atoms with Crippen LogP contribution < -0.4 is 4.74 Å². The molecule has 4 aromatic rings. The number of amides is 1. The highest BCUT2D eigenvalue weighted by atomic mass is 19.1. The van der Waals surface area contributed by atoms with Crippen LogP contribution in [-0.2, 0) is 17.8 Å². The van der Waals surface area contributed by atoms with Crippen LogP contribution in [0.15, 0.2) is 59.3 Å². The van der Waals surface area contributed by atoms with Gasteiger partial charge in [0.05, 0.1) is 6.04 Å². The Hall–Kier alpha value is -3.68. The predicted octanol–water partition coefficient (Wildman–Crippen LogP) is 4.57. The summed E-state index contributed by atoms with van der Waals surface area (Å²) in [5, 5.41) is 5.24. The molecule has 0 aliphatic carbocycles. The van der Waals surface area contributed by atoms with Crippen molar-refractivity contribution in [1.29, 1.82) is 0 Å². The monoisotopic (exact) mass is 434 g/mol. The zero-order valence-corrected chi connectivity index (χ0v) is 17.5. The molecule has 1 aliphatic rings. The van der Waals surface area contributed by atoms with Crippen molar-refractivity contribution in [3.05, 3.63) is 77.8 Å². The van der Waals surface area contributed by atoms with E-state index in [1.54, 1.807) is 0 Å². The fourth-order valence-electron chi connectivity index (χ4n) is 4.20. The first kappa shape index (κ1) is 20.2. The van der Waals surface area contributed by atoms with Gasteiger partial charge in [0.15, 0.2) is 12.4 Å². The molecule has 0 radical (unpaired) electrons. The summed E-state index contributed by atoms with van der Waals surface area (Å²) in [6, 6.07) is 13.6. The lowest BCUT2D eigenvalue weighted by molar-refractivity contribution is -0.132. The molecule has 0 saturated carbocycles. The number of halogens is 1. The van der Waals surface area contributed by atoms with E-state index in [1.165, 1.54) is 24.3 Å². The highest BCUT2D eigenvalue weighted by Gasteiger charge is 2.33. The number of hydrogen-bond acceptors (Lipinski definition) is 5. The number of aromatic nitrogens is 3. The largest absolute Gasteiger partial charge is 0.484 e. The Morgan fingerprint density at radius 3 is 2.94 bits per heavy atom. The molecule has 0 bridgehead atoms. The maximum atomic E-state index is 13.0. The summed E-state index contributed by atoms with van der Waals surface area (Å²) in [5.74, 6) is 1.10. The number of likely N-dealkylation sites (tertiary alicyclic amines) is 1. The van der Waals surface area contributed by atoms with Gasteiger partial charge in [-0.15, -0.1) is 0 Å². The average molecular weight is 434 g/mol. The minimum Gasteiger partial charge on any atom is -0.484 e. The number of rotatable bonds is 7. The van der Waals surface area contributed by atoms with E-state index in [4.69, 9.17) is 9.26 Å². The van der Waals surface area contributed by atoms with Crippen molar-refractivity contribution in [2.45, 2.75) is 38.3 Å². The van der Waals surface area contributed by atoms with Gasteiger partial charge in [-0.1, -0.05) is 23.4 Å². The minimum absolute atomic E-state index is 0.0832. The van der Waals surface area contributed by atoms with Crippen LogP contribution in [0.3, 0.4) is 0 Å². The minimum atomic E-state index is -0.326. The van der Waals surface area contributed by atoms with Crippen molar-refractivity contribution in [3.63, 3.8) is 0 Å². The number of fused-ring (bicyclic) bond motifs is 1. The Morgan fingerprint density at radius 1 is 1.22 bits per heavy atom. The van der Waals surface area contributed by atoms with Crippen LogP contribution in [-0.4, -0.2) is 32.5 Å². The van der Waals surface area contributed by atoms with Crippen LogP contribution in [0.2, 0.25) is 0 Å². The number of para-hydroxylation sites is 1. The molecule has 164 valence electrons. The molecule has 2 aromatic heterocycles. The molecule has 1 N–H and O–H groups in total. The molecule has 1 saturated heterocycles. The van der Waals surface area contributed by atoms with E-state index in [-0.39, 0.29) is 24.4 Å². The molecular weight excluding hydrogens is 411 g/mol. The van der Waals surface area contributed by atoms with Gasteiger partial charge in [0.1, 0.15) is 11.6 Å². The van der Waals surface area contributed by atoms with Crippen molar-refractivity contribution in [2.75, 3.05) is 6.54 Å². The maximum absolute atomic E-state index is 13.0. The number of carbonyl (C=O) groups is 1. The summed E-state index contributed by atoms with van der Waals surface area (Å²) >= 11 is 0.